The van der Waals surface area contributed by atoms with Crippen LogP contribution in [0.5, 0.6) is 0 Å². The quantitative estimate of drug-likeness (QED) is 0.813. The Morgan fingerprint density at radius 2 is 2.10 bits per heavy atom. The topological polar surface area (TPSA) is 76.1 Å². The fourth-order valence-electron chi connectivity index (χ4n) is 2.16. The zero-order chi connectivity index (χ0) is 14.6. The lowest BCUT2D eigenvalue weighted by molar-refractivity contribution is -0.158. The minimum absolute atomic E-state index is 0.177. The number of rotatable bonds is 3. The van der Waals surface area contributed by atoms with Gasteiger partial charge in [-0.05, 0) is 46.2 Å². The summed E-state index contributed by atoms with van der Waals surface area (Å²) in [5.41, 5.74) is -0.457. The van der Waals surface area contributed by atoms with Crippen molar-refractivity contribution in [3.8, 4) is 0 Å². The monoisotopic (exact) mass is 278 g/mol. The average molecular weight is 278 g/mol. The SMILES string of the molecule is CC(C)(C)OC(=O)C1CC(Nc2ncccn2)CCN1. The van der Waals surface area contributed by atoms with Crippen LogP contribution in [0.2, 0.25) is 0 Å². The van der Waals surface area contributed by atoms with Gasteiger partial charge in [-0.15, -0.1) is 0 Å². The van der Waals surface area contributed by atoms with Gasteiger partial charge in [0.25, 0.3) is 0 Å². The van der Waals surface area contributed by atoms with E-state index in [1.807, 2.05) is 20.8 Å². The molecule has 1 fully saturated rings. The van der Waals surface area contributed by atoms with Gasteiger partial charge in [0.1, 0.15) is 11.6 Å². The van der Waals surface area contributed by atoms with E-state index in [1.165, 1.54) is 0 Å². The Labute approximate surface area is 119 Å². The molecule has 0 aliphatic carbocycles. The van der Waals surface area contributed by atoms with Gasteiger partial charge in [0.05, 0.1) is 0 Å². The lowest BCUT2D eigenvalue weighted by Crippen LogP contribution is -2.49. The molecule has 2 N–H and O–H groups in total. The molecule has 2 atom stereocenters. The third-order valence-corrected chi connectivity index (χ3v) is 2.99. The van der Waals surface area contributed by atoms with Crippen LogP contribution in [0.15, 0.2) is 18.5 Å². The fraction of sp³-hybridized carbons (Fsp3) is 0.643. The molecule has 2 unspecified atom stereocenters. The lowest BCUT2D eigenvalue weighted by Gasteiger charge is -2.31. The molecule has 2 heterocycles. The van der Waals surface area contributed by atoms with Crippen molar-refractivity contribution in [3.05, 3.63) is 18.5 Å². The van der Waals surface area contributed by atoms with Crippen LogP contribution in [0.25, 0.3) is 0 Å². The Morgan fingerprint density at radius 3 is 2.75 bits per heavy atom. The van der Waals surface area contributed by atoms with E-state index < -0.39 is 5.60 Å². The highest BCUT2D eigenvalue weighted by atomic mass is 16.6. The van der Waals surface area contributed by atoms with Gasteiger partial charge in [0, 0.05) is 18.4 Å². The number of nitrogens with zero attached hydrogens (tertiary/aromatic N) is 2. The summed E-state index contributed by atoms with van der Waals surface area (Å²) < 4.78 is 5.42. The first-order chi connectivity index (χ1) is 9.44. The first-order valence-electron chi connectivity index (χ1n) is 6.94. The molecule has 6 heteroatoms. The summed E-state index contributed by atoms with van der Waals surface area (Å²) in [6, 6.07) is 1.68. The highest BCUT2D eigenvalue weighted by Crippen LogP contribution is 2.16. The van der Waals surface area contributed by atoms with Crippen molar-refractivity contribution in [2.45, 2.75) is 51.3 Å². The number of carbonyl (C=O) groups excluding carboxylic acids is 1. The van der Waals surface area contributed by atoms with Gasteiger partial charge in [-0.25, -0.2) is 9.97 Å². The molecular formula is C14H22N4O2. The number of ether oxygens (including phenoxy) is 1. The Balaban J connectivity index is 1.90. The molecule has 0 radical (unpaired) electrons. The zero-order valence-electron chi connectivity index (χ0n) is 12.2. The summed E-state index contributed by atoms with van der Waals surface area (Å²) in [5.74, 6) is 0.403. The molecule has 0 amide bonds. The van der Waals surface area contributed by atoms with Crippen molar-refractivity contribution in [1.29, 1.82) is 0 Å². The standard InChI is InChI=1S/C14H22N4O2/c1-14(2,3)20-12(19)11-9-10(5-8-15-11)18-13-16-6-4-7-17-13/h4,6-7,10-11,15H,5,8-9H2,1-3H3,(H,16,17,18). The molecule has 6 nitrogen and oxygen atoms in total. The van der Waals surface area contributed by atoms with Gasteiger partial charge in [0.2, 0.25) is 5.95 Å². The molecule has 1 saturated heterocycles. The molecule has 20 heavy (non-hydrogen) atoms. The number of carbonyl (C=O) groups is 1. The van der Waals surface area contributed by atoms with Crippen molar-refractivity contribution in [1.82, 2.24) is 15.3 Å². The maximum Gasteiger partial charge on any atom is 0.323 e. The maximum absolute atomic E-state index is 12.1. The summed E-state index contributed by atoms with van der Waals surface area (Å²) in [6.07, 6.45) is 4.99. The van der Waals surface area contributed by atoms with E-state index in [9.17, 15) is 4.79 Å². The van der Waals surface area contributed by atoms with E-state index in [4.69, 9.17) is 4.74 Å². The molecule has 0 spiro atoms. The van der Waals surface area contributed by atoms with E-state index >= 15 is 0 Å². The normalized spacial score (nSPS) is 23.1. The maximum atomic E-state index is 12.1. The smallest absolute Gasteiger partial charge is 0.323 e. The minimum atomic E-state index is -0.457. The number of esters is 1. The first-order valence-corrected chi connectivity index (χ1v) is 6.94. The number of hydrogen-bond acceptors (Lipinski definition) is 6. The van der Waals surface area contributed by atoms with Crippen molar-refractivity contribution in [2.24, 2.45) is 0 Å². The van der Waals surface area contributed by atoms with Crippen LogP contribution in [-0.4, -0.2) is 40.2 Å². The molecule has 1 aliphatic rings. The fourth-order valence-corrected chi connectivity index (χ4v) is 2.16. The zero-order valence-corrected chi connectivity index (χ0v) is 12.2. The number of anilines is 1. The van der Waals surface area contributed by atoms with Crippen LogP contribution in [0.4, 0.5) is 5.95 Å². The second kappa shape index (κ2) is 6.17. The van der Waals surface area contributed by atoms with Crippen LogP contribution >= 0.6 is 0 Å². The third kappa shape index (κ3) is 4.45. The van der Waals surface area contributed by atoms with Crippen LogP contribution in [0, 0.1) is 0 Å². The van der Waals surface area contributed by atoms with Crippen molar-refractivity contribution >= 4 is 11.9 Å². The number of piperidine rings is 1. The number of hydrogen-bond donors (Lipinski definition) is 2. The average Bonchev–Trinajstić information content (AvgIpc) is 2.38. The minimum Gasteiger partial charge on any atom is -0.459 e. The van der Waals surface area contributed by atoms with Crippen molar-refractivity contribution in [3.63, 3.8) is 0 Å². The molecule has 1 aromatic rings. The highest BCUT2D eigenvalue weighted by Gasteiger charge is 2.30. The second-order valence-electron chi connectivity index (χ2n) is 5.98. The Bertz CT molecular complexity index is 444. The van der Waals surface area contributed by atoms with Gasteiger partial charge in [-0.1, -0.05) is 0 Å². The highest BCUT2D eigenvalue weighted by molar-refractivity contribution is 5.76. The van der Waals surface area contributed by atoms with Crippen LogP contribution in [0.1, 0.15) is 33.6 Å². The molecule has 1 aliphatic heterocycles. The van der Waals surface area contributed by atoms with E-state index in [2.05, 4.69) is 20.6 Å². The predicted molar refractivity (Wildman–Crippen MR) is 76.3 cm³/mol. The number of aromatic nitrogens is 2. The second-order valence-corrected chi connectivity index (χ2v) is 5.98. The summed E-state index contributed by atoms with van der Waals surface area (Å²) in [6.45, 7) is 6.40. The molecular weight excluding hydrogens is 256 g/mol. The largest absolute Gasteiger partial charge is 0.459 e. The molecule has 1 aromatic heterocycles. The summed E-state index contributed by atoms with van der Waals surface area (Å²) in [5, 5.41) is 6.46. The Hall–Kier alpha value is -1.69. The predicted octanol–water partition coefficient (Wildman–Crippen LogP) is 1.35. The molecule has 0 aromatic carbocycles. The number of nitrogens with one attached hydrogen (secondary N) is 2. The molecule has 2 rings (SSSR count). The van der Waals surface area contributed by atoms with E-state index in [0.717, 1.165) is 13.0 Å². The summed E-state index contributed by atoms with van der Waals surface area (Å²) in [4.78, 5) is 20.4. The Morgan fingerprint density at radius 1 is 1.40 bits per heavy atom. The van der Waals surface area contributed by atoms with Gasteiger partial charge < -0.3 is 15.4 Å². The molecule has 0 saturated carbocycles. The van der Waals surface area contributed by atoms with Crippen molar-refractivity contribution < 1.29 is 9.53 Å². The first kappa shape index (κ1) is 14.7. The van der Waals surface area contributed by atoms with Crippen LogP contribution < -0.4 is 10.6 Å². The van der Waals surface area contributed by atoms with Gasteiger partial charge in [-0.2, -0.15) is 0 Å². The summed E-state index contributed by atoms with van der Waals surface area (Å²) in [7, 11) is 0. The van der Waals surface area contributed by atoms with Gasteiger partial charge >= 0.3 is 5.97 Å². The van der Waals surface area contributed by atoms with E-state index in [0.29, 0.717) is 12.4 Å². The third-order valence-electron chi connectivity index (χ3n) is 2.99. The van der Waals surface area contributed by atoms with E-state index in [-0.39, 0.29) is 18.1 Å². The Kier molecular flexibility index (Phi) is 4.54. The molecule has 0 bridgehead atoms. The molecule has 110 valence electrons. The summed E-state index contributed by atoms with van der Waals surface area (Å²) >= 11 is 0. The van der Waals surface area contributed by atoms with Crippen LogP contribution in [0.3, 0.4) is 0 Å². The van der Waals surface area contributed by atoms with Gasteiger partial charge in [-0.3, -0.25) is 4.79 Å². The lowest BCUT2D eigenvalue weighted by atomic mass is 9.99. The van der Waals surface area contributed by atoms with Crippen LogP contribution in [-0.2, 0) is 9.53 Å². The van der Waals surface area contributed by atoms with Crippen molar-refractivity contribution in [2.75, 3.05) is 11.9 Å². The van der Waals surface area contributed by atoms with E-state index in [1.54, 1.807) is 18.5 Å². The van der Waals surface area contributed by atoms with Gasteiger partial charge in [0.15, 0.2) is 0 Å².